The lowest BCUT2D eigenvalue weighted by atomic mass is 9.97. The lowest BCUT2D eigenvalue weighted by Gasteiger charge is -2.31. The minimum atomic E-state index is -3.63. The van der Waals surface area contributed by atoms with Crippen LogP contribution >= 0.6 is 0 Å². The van der Waals surface area contributed by atoms with Crippen LogP contribution in [0.25, 0.3) is 0 Å². The predicted octanol–water partition coefficient (Wildman–Crippen LogP) is 4.94. The zero-order valence-electron chi connectivity index (χ0n) is 21.6. The smallest absolute Gasteiger partial charge is 0.243 e. The van der Waals surface area contributed by atoms with Gasteiger partial charge in [0.25, 0.3) is 0 Å². The minimum Gasteiger partial charge on any atom is -0.326 e. The zero-order chi connectivity index (χ0) is 25.9. The van der Waals surface area contributed by atoms with Crippen LogP contribution in [-0.2, 0) is 19.6 Å². The first-order valence-electron chi connectivity index (χ1n) is 12.2. The summed E-state index contributed by atoms with van der Waals surface area (Å²) in [4.78, 5) is 25.2. The number of amides is 2. The van der Waals surface area contributed by atoms with E-state index in [9.17, 15) is 18.0 Å². The number of nitrogens with zero attached hydrogens (tertiary/aromatic N) is 1. The third-order valence-corrected chi connectivity index (χ3v) is 8.92. The van der Waals surface area contributed by atoms with E-state index in [-0.39, 0.29) is 23.7 Å². The average molecular weight is 500 g/mol. The van der Waals surface area contributed by atoms with Crippen LogP contribution in [0.3, 0.4) is 0 Å². The number of carbonyl (C=O) groups excluding carboxylic acids is 2. The van der Waals surface area contributed by atoms with E-state index in [1.165, 1.54) is 4.31 Å². The highest BCUT2D eigenvalue weighted by molar-refractivity contribution is 7.89. The van der Waals surface area contributed by atoms with Gasteiger partial charge in [0.15, 0.2) is 0 Å². The molecule has 0 unspecified atom stereocenters. The van der Waals surface area contributed by atoms with E-state index in [0.717, 1.165) is 22.3 Å². The molecular weight excluding hydrogens is 462 g/mol. The van der Waals surface area contributed by atoms with E-state index in [1.807, 2.05) is 47.6 Å². The van der Waals surface area contributed by atoms with Gasteiger partial charge in [-0.2, -0.15) is 4.31 Å². The second-order valence-corrected chi connectivity index (χ2v) is 11.9. The van der Waals surface area contributed by atoms with Crippen molar-refractivity contribution in [3.8, 4) is 0 Å². The van der Waals surface area contributed by atoms with Gasteiger partial charge in [-0.05, 0) is 93.0 Å². The summed E-state index contributed by atoms with van der Waals surface area (Å²) in [7, 11) is -3.63. The van der Waals surface area contributed by atoms with E-state index >= 15 is 0 Å². The fourth-order valence-electron chi connectivity index (χ4n) is 4.52. The maximum absolute atomic E-state index is 13.5. The first kappa shape index (κ1) is 26.9. The molecule has 7 nitrogen and oxygen atoms in total. The zero-order valence-corrected chi connectivity index (χ0v) is 22.4. The fraction of sp³-hybridized carbons (Fsp3) is 0.481. The van der Waals surface area contributed by atoms with Crippen LogP contribution in [0.5, 0.6) is 0 Å². The second-order valence-electron chi connectivity index (χ2n) is 9.98. The van der Waals surface area contributed by atoms with Crippen molar-refractivity contribution in [1.82, 2.24) is 4.31 Å². The number of nitrogens with one attached hydrogen (secondary N) is 2. The highest BCUT2D eigenvalue weighted by Crippen LogP contribution is 2.31. The summed E-state index contributed by atoms with van der Waals surface area (Å²) in [5.41, 5.74) is 4.84. The summed E-state index contributed by atoms with van der Waals surface area (Å²) in [6.45, 7) is 12.2. The van der Waals surface area contributed by atoms with E-state index in [4.69, 9.17) is 0 Å². The Kier molecular flexibility index (Phi) is 8.38. The van der Waals surface area contributed by atoms with Crippen LogP contribution in [0.2, 0.25) is 0 Å². The van der Waals surface area contributed by atoms with Crippen LogP contribution in [0, 0.1) is 39.5 Å². The molecule has 2 aromatic rings. The number of sulfonamides is 1. The number of rotatable bonds is 7. The van der Waals surface area contributed by atoms with Crippen molar-refractivity contribution in [1.29, 1.82) is 0 Å². The normalized spacial score (nSPS) is 15.3. The molecule has 0 saturated carbocycles. The molecule has 1 aliphatic rings. The number of carbonyl (C=O) groups is 2. The third-order valence-electron chi connectivity index (χ3n) is 6.75. The van der Waals surface area contributed by atoms with Gasteiger partial charge in [-0.3, -0.25) is 9.59 Å². The van der Waals surface area contributed by atoms with Gasteiger partial charge in [-0.25, -0.2) is 8.42 Å². The first-order chi connectivity index (χ1) is 16.4. The van der Waals surface area contributed by atoms with Crippen molar-refractivity contribution >= 4 is 33.2 Å². The van der Waals surface area contributed by atoms with Crippen LogP contribution in [0.4, 0.5) is 11.4 Å². The fourth-order valence-corrected chi connectivity index (χ4v) is 6.56. The largest absolute Gasteiger partial charge is 0.326 e. The molecule has 0 aromatic heterocycles. The standard InChI is InChI=1S/C27H37N3O4S/c1-17(2)15-25(31)28-23-7-9-24(10-8-23)29-27(32)22-11-13-30(14-12-22)35(33,34)26-20(5)18(3)16-19(4)21(26)6/h7-10,16-17,22H,11-15H2,1-6H3,(H,28,31)(H,29,32). The molecule has 35 heavy (non-hydrogen) atoms. The molecule has 0 bridgehead atoms. The van der Waals surface area contributed by atoms with Crippen molar-refractivity contribution in [2.45, 2.75) is 65.7 Å². The Morgan fingerprint density at radius 2 is 1.40 bits per heavy atom. The average Bonchev–Trinajstić information content (AvgIpc) is 2.78. The Bertz CT molecular complexity index is 1170. The Morgan fingerprint density at radius 3 is 1.89 bits per heavy atom. The topological polar surface area (TPSA) is 95.6 Å². The van der Waals surface area contributed by atoms with Gasteiger partial charge in [0.1, 0.15) is 0 Å². The number of aryl methyl sites for hydroxylation is 2. The summed E-state index contributed by atoms with van der Waals surface area (Å²) >= 11 is 0. The van der Waals surface area contributed by atoms with E-state index in [0.29, 0.717) is 48.6 Å². The molecule has 0 radical (unpaired) electrons. The number of hydrogen-bond acceptors (Lipinski definition) is 4. The minimum absolute atomic E-state index is 0.0373. The highest BCUT2D eigenvalue weighted by atomic mass is 32.2. The molecule has 1 saturated heterocycles. The molecule has 2 N–H and O–H groups in total. The Hall–Kier alpha value is -2.71. The van der Waals surface area contributed by atoms with Gasteiger partial charge < -0.3 is 10.6 Å². The van der Waals surface area contributed by atoms with Gasteiger partial charge in [0, 0.05) is 36.8 Å². The molecule has 190 valence electrons. The molecular formula is C27H37N3O4S. The van der Waals surface area contributed by atoms with Crippen molar-refractivity contribution in [3.63, 3.8) is 0 Å². The predicted molar refractivity (Wildman–Crippen MR) is 140 cm³/mol. The number of piperidine rings is 1. The highest BCUT2D eigenvalue weighted by Gasteiger charge is 2.34. The van der Waals surface area contributed by atoms with E-state index in [2.05, 4.69) is 10.6 Å². The molecule has 2 amide bonds. The summed E-state index contributed by atoms with van der Waals surface area (Å²) in [5.74, 6) is -0.126. The van der Waals surface area contributed by atoms with Gasteiger partial charge >= 0.3 is 0 Å². The van der Waals surface area contributed by atoms with Crippen LogP contribution in [0.15, 0.2) is 35.2 Å². The van der Waals surface area contributed by atoms with Gasteiger partial charge in [-0.15, -0.1) is 0 Å². The lowest BCUT2D eigenvalue weighted by Crippen LogP contribution is -2.41. The molecule has 1 fully saturated rings. The molecule has 2 aromatic carbocycles. The maximum atomic E-state index is 13.5. The Morgan fingerprint density at radius 1 is 0.914 bits per heavy atom. The summed E-state index contributed by atoms with van der Waals surface area (Å²) < 4.78 is 28.4. The van der Waals surface area contributed by atoms with Crippen LogP contribution < -0.4 is 10.6 Å². The molecule has 0 atom stereocenters. The molecule has 1 heterocycles. The summed E-state index contributed by atoms with van der Waals surface area (Å²) in [6.07, 6.45) is 1.39. The quantitative estimate of drug-likeness (QED) is 0.564. The SMILES string of the molecule is Cc1cc(C)c(C)c(S(=O)(=O)N2CCC(C(=O)Nc3ccc(NC(=O)CC(C)C)cc3)CC2)c1C. The third kappa shape index (κ3) is 6.30. The van der Waals surface area contributed by atoms with E-state index in [1.54, 1.807) is 24.3 Å². The molecule has 8 heteroatoms. The monoisotopic (exact) mass is 499 g/mol. The number of benzene rings is 2. The Balaban J connectivity index is 1.60. The molecule has 0 aliphatic carbocycles. The van der Waals surface area contributed by atoms with Crippen LogP contribution in [-0.4, -0.2) is 37.6 Å². The number of anilines is 2. The molecule has 1 aliphatic heterocycles. The van der Waals surface area contributed by atoms with Crippen molar-refractivity contribution in [2.24, 2.45) is 11.8 Å². The van der Waals surface area contributed by atoms with Gasteiger partial charge in [-0.1, -0.05) is 19.9 Å². The number of hydrogen-bond donors (Lipinski definition) is 2. The summed E-state index contributed by atoms with van der Waals surface area (Å²) in [5, 5.41) is 5.77. The Labute approximate surface area is 209 Å². The van der Waals surface area contributed by atoms with Gasteiger partial charge in [0.2, 0.25) is 21.8 Å². The van der Waals surface area contributed by atoms with Crippen molar-refractivity contribution < 1.29 is 18.0 Å². The second kappa shape index (κ2) is 10.9. The first-order valence-corrected chi connectivity index (χ1v) is 13.6. The lowest BCUT2D eigenvalue weighted by molar-refractivity contribution is -0.121. The van der Waals surface area contributed by atoms with E-state index < -0.39 is 10.0 Å². The summed E-state index contributed by atoms with van der Waals surface area (Å²) in [6, 6.07) is 9.06. The van der Waals surface area contributed by atoms with Crippen molar-refractivity contribution in [3.05, 3.63) is 52.6 Å². The molecule has 0 spiro atoms. The maximum Gasteiger partial charge on any atom is 0.243 e. The van der Waals surface area contributed by atoms with Gasteiger partial charge in [0.05, 0.1) is 4.90 Å². The van der Waals surface area contributed by atoms with Crippen molar-refractivity contribution in [2.75, 3.05) is 23.7 Å². The van der Waals surface area contributed by atoms with Crippen LogP contribution in [0.1, 0.15) is 55.4 Å². The molecule has 3 rings (SSSR count).